The highest BCUT2D eigenvalue weighted by Crippen LogP contribution is 2.37. The Morgan fingerprint density at radius 1 is 1.09 bits per heavy atom. The van der Waals surface area contributed by atoms with Crippen molar-refractivity contribution in [2.24, 2.45) is 0 Å². The van der Waals surface area contributed by atoms with Crippen LogP contribution in [-0.2, 0) is 14.3 Å². The third-order valence-corrected chi connectivity index (χ3v) is 5.26. The van der Waals surface area contributed by atoms with E-state index in [2.05, 4.69) is 5.32 Å². The second-order valence-electron chi connectivity index (χ2n) is 7.49. The molecule has 1 fully saturated rings. The van der Waals surface area contributed by atoms with Gasteiger partial charge in [-0.1, -0.05) is 0 Å². The van der Waals surface area contributed by atoms with Gasteiger partial charge in [-0.05, 0) is 19.1 Å². The van der Waals surface area contributed by atoms with E-state index in [1.165, 1.54) is 31.2 Å². The van der Waals surface area contributed by atoms with Gasteiger partial charge in [0.1, 0.15) is 0 Å². The molecule has 1 N–H and O–H groups in total. The van der Waals surface area contributed by atoms with Gasteiger partial charge in [-0.25, -0.2) is 4.79 Å². The SMILES string of the molecule is CC(=O)c1cc2c(cc1NC(=O)COC(=O)c1cc([N+](=O)[O-])ccc1N1CCOCC1)OCO2. The number of amides is 1. The predicted molar refractivity (Wildman–Crippen MR) is 118 cm³/mol. The number of ether oxygens (including phenoxy) is 4. The van der Waals surface area contributed by atoms with Crippen LogP contribution >= 0.6 is 0 Å². The van der Waals surface area contributed by atoms with Crippen LogP contribution in [0.3, 0.4) is 0 Å². The molecule has 0 aliphatic carbocycles. The minimum atomic E-state index is -0.891. The molecule has 0 saturated carbocycles. The molecule has 1 saturated heterocycles. The Kier molecular flexibility index (Phi) is 6.59. The monoisotopic (exact) mass is 471 g/mol. The van der Waals surface area contributed by atoms with Crippen LogP contribution in [0.2, 0.25) is 0 Å². The number of hydrogen-bond donors (Lipinski definition) is 1. The fourth-order valence-corrected chi connectivity index (χ4v) is 3.61. The lowest BCUT2D eigenvalue weighted by molar-refractivity contribution is -0.384. The maximum Gasteiger partial charge on any atom is 0.341 e. The summed E-state index contributed by atoms with van der Waals surface area (Å²) in [6, 6.07) is 6.82. The van der Waals surface area contributed by atoms with Gasteiger partial charge in [-0.2, -0.15) is 0 Å². The van der Waals surface area contributed by atoms with Crippen molar-refractivity contribution in [3.63, 3.8) is 0 Å². The average molecular weight is 471 g/mol. The zero-order valence-electron chi connectivity index (χ0n) is 18.2. The number of nitro groups is 1. The van der Waals surface area contributed by atoms with Crippen molar-refractivity contribution in [3.8, 4) is 11.5 Å². The van der Waals surface area contributed by atoms with Gasteiger partial charge in [0.05, 0.1) is 35.1 Å². The van der Waals surface area contributed by atoms with E-state index in [9.17, 15) is 24.5 Å². The molecule has 12 heteroatoms. The number of esters is 1. The van der Waals surface area contributed by atoms with Crippen molar-refractivity contribution < 1.29 is 38.3 Å². The molecule has 34 heavy (non-hydrogen) atoms. The molecule has 1 amide bonds. The number of anilines is 2. The van der Waals surface area contributed by atoms with Crippen LogP contribution in [0.1, 0.15) is 27.6 Å². The molecule has 4 rings (SSSR count). The summed E-state index contributed by atoms with van der Waals surface area (Å²) in [6.45, 7) is 2.55. The molecule has 2 aromatic carbocycles. The third-order valence-electron chi connectivity index (χ3n) is 5.26. The number of Topliss-reactive ketones (excluding diaryl/α,β-unsaturated/α-hetero) is 1. The van der Waals surface area contributed by atoms with Gasteiger partial charge >= 0.3 is 5.97 Å². The lowest BCUT2D eigenvalue weighted by atomic mass is 10.1. The fourth-order valence-electron chi connectivity index (χ4n) is 3.61. The van der Waals surface area contributed by atoms with Crippen LogP contribution in [0.15, 0.2) is 30.3 Å². The number of carbonyl (C=O) groups is 3. The maximum atomic E-state index is 12.8. The van der Waals surface area contributed by atoms with Crippen molar-refractivity contribution >= 4 is 34.7 Å². The highest BCUT2D eigenvalue weighted by Gasteiger charge is 2.24. The number of non-ortho nitro benzene ring substituents is 1. The summed E-state index contributed by atoms with van der Waals surface area (Å²) in [5.74, 6) is -1.15. The first-order chi connectivity index (χ1) is 16.3. The number of nitrogens with zero attached hydrogens (tertiary/aromatic N) is 2. The standard InChI is InChI=1S/C22H21N3O9/c1-13(26)15-9-19-20(34-12-33-19)10-17(15)23-21(27)11-32-22(28)16-8-14(25(29)30)2-3-18(16)24-4-6-31-7-5-24/h2-3,8-10H,4-7,11-12H2,1H3,(H,23,27). The molecule has 12 nitrogen and oxygen atoms in total. The number of carbonyl (C=O) groups excluding carboxylic acids is 3. The molecule has 2 heterocycles. The van der Waals surface area contributed by atoms with E-state index >= 15 is 0 Å². The molecule has 0 unspecified atom stereocenters. The first-order valence-corrected chi connectivity index (χ1v) is 10.4. The summed E-state index contributed by atoms with van der Waals surface area (Å²) in [6.07, 6.45) is 0. The molecule has 0 bridgehead atoms. The van der Waals surface area contributed by atoms with E-state index in [-0.39, 0.29) is 35.1 Å². The van der Waals surface area contributed by atoms with Gasteiger partial charge in [0.25, 0.3) is 11.6 Å². The van der Waals surface area contributed by atoms with Gasteiger partial charge in [0.2, 0.25) is 6.79 Å². The number of hydrogen-bond acceptors (Lipinski definition) is 10. The molecule has 0 radical (unpaired) electrons. The van der Waals surface area contributed by atoms with Crippen molar-refractivity contribution in [1.29, 1.82) is 0 Å². The minimum absolute atomic E-state index is 0.00359. The minimum Gasteiger partial charge on any atom is -0.454 e. The van der Waals surface area contributed by atoms with Crippen molar-refractivity contribution in [2.75, 3.05) is 49.9 Å². The van der Waals surface area contributed by atoms with Gasteiger partial charge in [-0.3, -0.25) is 19.7 Å². The molecule has 0 aromatic heterocycles. The zero-order valence-corrected chi connectivity index (χ0v) is 18.2. The summed E-state index contributed by atoms with van der Waals surface area (Å²) in [5, 5.41) is 13.7. The van der Waals surface area contributed by atoms with Gasteiger partial charge in [0.15, 0.2) is 23.9 Å². The number of ketones is 1. The van der Waals surface area contributed by atoms with Crippen molar-refractivity contribution in [2.45, 2.75) is 6.92 Å². The maximum absolute atomic E-state index is 12.8. The highest BCUT2D eigenvalue weighted by molar-refractivity contribution is 6.05. The second kappa shape index (κ2) is 9.75. The number of nitrogens with one attached hydrogen (secondary N) is 1. The Labute approximate surface area is 193 Å². The molecule has 0 spiro atoms. The summed E-state index contributed by atoms with van der Waals surface area (Å²) in [7, 11) is 0. The Morgan fingerprint density at radius 2 is 1.79 bits per heavy atom. The summed E-state index contributed by atoms with van der Waals surface area (Å²) < 4.78 is 21.0. The zero-order chi connectivity index (χ0) is 24.2. The van der Waals surface area contributed by atoms with Gasteiger partial charge in [-0.15, -0.1) is 0 Å². The normalized spacial score (nSPS) is 14.4. The number of morpholine rings is 1. The van der Waals surface area contributed by atoms with E-state index < -0.39 is 23.4 Å². The van der Waals surface area contributed by atoms with Crippen molar-refractivity contribution in [3.05, 3.63) is 51.6 Å². The van der Waals surface area contributed by atoms with Crippen LogP contribution in [0.4, 0.5) is 17.1 Å². The smallest absolute Gasteiger partial charge is 0.341 e. The molecule has 0 atom stereocenters. The van der Waals surface area contributed by atoms with E-state index in [0.717, 1.165) is 6.07 Å². The van der Waals surface area contributed by atoms with Gasteiger partial charge < -0.3 is 29.2 Å². The largest absolute Gasteiger partial charge is 0.454 e. The lowest BCUT2D eigenvalue weighted by Crippen LogP contribution is -2.37. The molecular formula is C22H21N3O9. The second-order valence-corrected chi connectivity index (χ2v) is 7.49. The first kappa shape index (κ1) is 23.0. The molecular weight excluding hydrogens is 450 g/mol. The van der Waals surface area contributed by atoms with Crippen LogP contribution in [-0.4, -0.2) is 62.3 Å². The van der Waals surface area contributed by atoms with Crippen LogP contribution in [0.5, 0.6) is 11.5 Å². The predicted octanol–water partition coefficient (Wildman–Crippen LogP) is 2.16. The Hall–Kier alpha value is -4.19. The average Bonchev–Trinajstić information content (AvgIpc) is 3.29. The van der Waals surface area contributed by atoms with E-state index in [1.807, 2.05) is 4.90 Å². The van der Waals surface area contributed by atoms with Crippen molar-refractivity contribution in [1.82, 2.24) is 0 Å². The van der Waals surface area contributed by atoms with Crippen LogP contribution < -0.4 is 19.7 Å². The Balaban J connectivity index is 1.48. The third kappa shape index (κ3) is 4.91. The number of benzene rings is 2. The van der Waals surface area contributed by atoms with E-state index in [1.54, 1.807) is 0 Å². The number of nitro benzene ring substituents is 1. The van der Waals surface area contributed by atoms with Crippen LogP contribution in [0.25, 0.3) is 0 Å². The fraction of sp³-hybridized carbons (Fsp3) is 0.318. The Bertz CT molecular complexity index is 1160. The van der Waals surface area contributed by atoms with Crippen LogP contribution in [0, 0.1) is 10.1 Å². The molecule has 2 aromatic rings. The van der Waals surface area contributed by atoms with E-state index in [4.69, 9.17) is 18.9 Å². The summed E-state index contributed by atoms with van der Waals surface area (Å²) in [4.78, 5) is 49.7. The number of fused-ring (bicyclic) bond motifs is 1. The molecule has 178 valence electrons. The quantitative estimate of drug-likeness (QED) is 0.276. The molecule has 2 aliphatic heterocycles. The summed E-state index contributed by atoms with van der Waals surface area (Å²) >= 11 is 0. The molecule has 2 aliphatic rings. The van der Waals surface area contributed by atoms with Gasteiger partial charge in [0, 0.05) is 36.9 Å². The Morgan fingerprint density at radius 3 is 2.47 bits per heavy atom. The topological polar surface area (TPSA) is 147 Å². The highest BCUT2D eigenvalue weighted by atomic mass is 16.7. The van der Waals surface area contributed by atoms with E-state index in [0.29, 0.717) is 43.5 Å². The first-order valence-electron chi connectivity index (χ1n) is 10.4. The summed E-state index contributed by atoms with van der Waals surface area (Å²) in [5.41, 5.74) is 0.532. The number of rotatable bonds is 7. The lowest BCUT2D eigenvalue weighted by Gasteiger charge is -2.30.